The van der Waals surface area contributed by atoms with Crippen molar-refractivity contribution in [2.24, 2.45) is 4.99 Å². The fourth-order valence-electron chi connectivity index (χ4n) is 2.72. The van der Waals surface area contributed by atoms with E-state index in [1.54, 1.807) is 48.3 Å². The summed E-state index contributed by atoms with van der Waals surface area (Å²) in [5.41, 5.74) is 1.77. The third-order valence-corrected chi connectivity index (χ3v) is 4.19. The molecule has 0 bridgehead atoms. The number of hydrogen-bond acceptors (Lipinski definition) is 2. The second kappa shape index (κ2) is 10.2. The summed E-state index contributed by atoms with van der Waals surface area (Å²) >= 11 is 0. The third-order valence-electron chi connectivity index (χ3n) is 4.19. The number of imidazole rings is 1. The van der Waals surface area contributed by atoms with Crippen LogP contribution >= 0.6 is 24.0 Å². The first kappa shape index (κ1) is 21.8. The fourth-order valence-corrected chi connectivity index (χ4v) is 2.72. The summed E-state index contributed by atoms with van der Waals surface area (Å²) in [7, 11) is 1.63. The van der Waals surface area contributed by atoms with Crippen molar-refractivity contribution < 1.29 is 8.78 Å². The highest BCUT2D eigenvalue weighted by atomic mass is 127. The van der Waals surface area contributed by atoms with Crippen LogP contribution in [0.3, 0.4) is 0 Å². The highest BCUT2D eigenvalue weighted by Crippen LogP contribution is 2.16. The largest absolute Gasteiger partial charge is 0.352 e. The smallest absolute Gasteiger partial charge is 0.191 e. The van der Waals surface area contributed by atoms with E-state index in [1.807, 2.05) is 13.0 Å². The molecular formula is C20H22F2IN5. The molecule has 0 saturated heterocycles. The van der Waals surface area contributed by atoms with Crippen molar-refractivity contribution in [1.29, 1.82) is 0 Å². The molecule has 8 heteroatoms. The summed E-state index contributed by atoms with van der Waals surface area (Å²) < 4.78 is 29.8. The Morgan fingerprint density at radius 3 is 2.46 bits per heavy atom. The first-order valence-electron chi connectivity index (χ1n) is 8.55. The van der Waals surface area contributed by atoms with Gasteiger partial charge in [0.1, 0.15) is 17.5 Å². The fraction of sp³-hybridized carbons (Fsp3) is 0.200. The summed E-state index contributed by atoms with van der Waals surface area (Å²) in [4.78, 5) is 8.22. The summed E-state index contributed by atoms with van der Waals surface area (Å²) in [5, 5.41) is 6.14. The number of nitrogens with one attached hydrogen (secondary N) is 2. The molecule has 148 valence electrons. The van der Waals surface area contributed by atoms with Gasteiger partial charge in [-0.1, -0.05) is 24.3 Å². The van der Waals surface area contributed by atoms with E-state index < -0.39 is 0 Å². The van der Waals surface area contributed by atoms with Crippen LogP contribution in [0.4, 0.5) is 8.78 Å². The molecule has 0 unspecified atom stereocenters. The minimum atomic E-state index is -0.329. The first-order valence-corrected chi connectivity index (χ1v) is 8.55. The number of benzene rings is 2. The van der Waals surface area contributed by atoms with Crippen molar-refractivity contribution in [3.05, 3.63) is 83.4 Å². The quantitative estimate of drug-likeness (QED) is 0.319. The monoisotopic (exact) mass is 497 g/mol. The maximum absolute atomic E-state index is 14.4. The molecule has 3 rings (SSSR count). The van der Waals surface area contributed by atoms with Crippen LogP contribution in [-0.4, -0.2) is 22.6 Å². The molecule has 1 aromatic heterocycles. The number of aliphatic imine (C=N–C) groups is 1. The molecule has 0 aliphatic rings. The van der Waals surface area contributed by atoms with Crippen LogP contribution in [-0.2, 0) is 13.1 Å². The lowest BCUT2D eigenvalue weighted by Crippen LogP contribution is -2.36. The number of rotatable bonds is 5. The van der Waals surface area contributed by atoms with E-state index >= 15 is 0 Å². The Hall–Kier alpha value is -2.49. The lowest BCUT2D eigenvalue weighted by molar-refractivity contribution is 0.604. The Labute approximate surface area is 179 Å². The van der Waals surface area contributed by atoms with Crippen molar-refractivity contribution in [2.45, 2.75) is 20.0 Å². The van der Waals surface area contributed by atoms with Gasteiger partial charge in [-0.2, -0.15) is 0 Å². The van der Waals surface area contributed by atoms with E-state index in [0.717, 1.165) is 11.4 Å². The van der Waals surface area contributed by atoms with Crippen molar-refractivity contribution in [1.82, 2.24) is 20.2 Å². The van der Waals surface area contributed by atoms with Crippen LogP contribution in [0.1, 0.15) is 17.0 Å². The third kappa shape index (κ3) is 5.28. The molecule has 0 spiro atoms. The van der Waals surface area contributed by atoms with Crippen LogP contribution in [0.25, 0.3) is 5.69 Å². The standard InChI is InChI=1S/C20H21F2N5.HI/c1-14-24-9-10-27(14)19-8-7-15(11-18(19)22)12-25-20(23-2)26-13-16-5-3-4-6-17(16)21;/h3-11H,12-13H2,1-2H3,(H2,23,25,26);1H. The van der Waals surface area contributed by atoms with Gasteiger partial charge in [0.05, 0.1) is 5.69 Å². The Bertz CT molecular complexity index is 955. The highest BCUT2D eigenvalue weighted by molar-refractivity contribution is 14.0. The second-order valence-electron chi connectivity index (χ2n) is 6.00. The molecule has 1 heterocycles. The molecular weight excluding hydrogens is 475 g/mol. The predicted octanol–water partition coefficient (Wildman–Crippen LogP) is 3.94. The first-order chi connectivity index (χ1) is 13.1. The maximum Gasteiger partial charge on any atom is 0.191 e. The van der Waals surface area contributed by atoms with Gasteiger partial charge < -0.3 is 15.2 Å². The van der Waals surface area contributed by atoms with Gasteiger partial charge in [0.25, 0.3) is 0 Å². The number of nitrogens with zero attached hydrogens (tertiary/aromatic N) is 3. The molecule has 2 N–H and O–H groups in total. The minimum Gasteiger partial charge on any atom is -0.352 e. The SMILES string of the molecule is CN=C(NCc1ccc(-n2ccnc2C)c(F)c1)NCc1ccccc1F.I. The van der Waals surface area contributed by atoms with Gasteiger partial charge in [0.15, 0.2) is 5.96 Å². The zero-order chi connectivity index (χ0) is 19.2. The molecule has 0 aliphatic heterocycles. The molecule has 0 radical (unpaired) electrons. The lowest BCUT2D eigenvalue weighted by Gasteiger charge is -2.13. The zero-order valence-corrected chi connectivity index (χ0v) is 17.9. The normalized spacial score (nSPS) is 11.1. The number of hydrogen-bond donors (Lipinski definition) is 2. The number of halogens is 3. The van der Waals surface area contributed by atoms with Gasteiger partial charge in [-0.05, 0) is 30.7 Å². The molecule has 0 amide bonds. The number of aromatic nitrogens is 2. The van der Waals surface area contributed by atoms with Gasteiger partial charge in [-0.3, -0.25) is 4.99 Å². The zero-order valence-electron chi connectivity index (χ0n) is 15.6. The van der Waals surface area contributed by atoms with E-state index in [2.05, 4.69) is 20.6 Å². The van der Waals surface area contributed by atoms with Crippen LogP contribution < -0.4 is 10.6 Å². The Balaban J connectivity index is 0.00000280. The van der Waals surface area contributed by atoms with Gasteiger partial charge in [0.2, 0.25) is 0 Å². The molecule has 2 aromatic carbocycles. The highest BCUT2D eigenvalue weighted by Gasteiger charge is 2.08. The molecule has 5 nitrogen and oxygen atoms in total. The van der Waals surface area contributed by atoms with Gasteiger partial charge in [-0.15, -0.1) is 24.0 Å². The van der Waals surface area contributed by atoms with Crippen LogP contribution in [0, 0.1) is 18.6 Å². The van der Waals surface area contributed by atoms with Gasteiger partial charge in [-0.25, -0.2) is 13.8 Å². The summed E-state index contributed by atoms with van der Waals surface area (Å²) in [6, 6.07) is 11.6. The molecule has 0 aliphatic carbocycles. The Morgan fingerprint density at radius 2 is 1.82 bits per heavy atom. The predicted molar refractivity (Wildman–Crippen MR) is 117 cm³/mol. The van der Waals surface area contributed by atoms with Gasteiger partial charge in [0, 0.05) is 38.1 Å². The van der Waals surface area contributed by atoms with E-state index in [-0.39, 0.29) is 35.6 Å². The maximum atomic E-state index is 14.4. The Kier molecular flexibility index (Phi) is 7.91. The van der Waals surface area contributed by atoms with Crippen LogP contribution in [0.2, 0.25) is 0 Å². The van der Waals surface area contributed by atoms with Crippen LogP contribution in [0.15, 0.2) is 59.9 Å². The van der Waals surface area contributed by atoms with Crippen molar-refractivity contribution in [3.8, 4) is 5.69 Å². The van der Waals surface area contributed by atoms with Gasteiger partial charge >= 0.3 is 0 Å². The van der Waals surface area contributed by atoms with Crippen molar-refractivity contribution >= 4 is 29.9 Å². The summed E-state index contributed by atoms with van der Waals surface area (Å²) in [6.45, 7) is 2.51. The van der Waals surface area contributed by atoms with E-state index in [0.29, 0.717) is 30.3 Å². The lowest BCUT2D eigenvalue weighted by atomic mass is 10.2. The average Bonchev–Trinajstić information content (AvgIpc) is 3.09. The molecule has 0 atom stereocenters. The summed E-state index contributed by atoms with van der Waals surface area (Å²) in [6.07, 6.45) is 3.36. The van der Waals surface area contributed by atoms with Crippen molar-refractivity contribution in [3.63, 3.8) is 0 Å². The van der Waals surface area contributed by atoms with Crippen molar-refractivity contribution in [2.75, 3.05) is 7.05 Å². The topological polar surface area (TPSA) is 54.2 Å². The van der Waals surface area contributed by atoms with E-state index in [4.69, 9.17) is 0 Å². The summed E-state index contributed by atoms with van der Waals surface area (Å²) in [5.74, 6) is 0.628. The van der Waals surface area contributed by atoms with Crippen LogP contribution in [0.5, 0.6) is 0 Å². The van der Waals surface area contributed by atoms with E-state index in [1.165, 1.54) is 12.1 Å². The molecule has 0 saturated carbocycles. The minimum absolute atomic E-state index is 0. The molecule has 28 heavy (non-hydrogen) atoms. The average molecular weight is 497 g/mol. The number of guanidine groups is 1. The van der Waals surface area contributed by atoms with E-state index in [9.17, 15) is 8.78 Å². The molecule has 0 fully saturated rings. The molecule has 3 aromatic rings. The Morgan fingerprint density at radius 1 is 1.07 bits per heavy atom. The number of aryl methyl sites for hydroxylation is 1. The second-order valence-corrected chi connectivity index (χ2v) is 6.00.